The summed E-state index contributed by atoms with van der Waals surface area (Å²) in [6, 6.07) is -0.828. The summed E-state index contributed by atoms with van der Waals surface area (Å²) in [5.74, 6) is -0.199. The van der Waals surface area contributed by atoms with E-state index >= 15 is 0 Å². The number of hydrogen-bond acceptors (Lipinski definition) is 8. The molecule has 0 bridgehead atoms. The van der Waals surface area contributed by atoms with E-state index in [-0.39, 0.29) is 12.5 Å². The smallest absolute Gasteiger partial charge is 0.220 e. The van der Waals surface area contributed by atoms with E-state index in [0.29, 0.717) is 6.42 Å². The van der Waals surface area contributed by atoms with Gasteiger partial charge in [0.2, 0.25) is 5.91 Å². The number of unbranched alkanes of at least 4 members (excludes halogenated alkanes) is 17. The second-order valence-corrected chi connectivity index (χ2v) is 12.7. The zero-order chi connectivity index (χ0) is 33.1. The Hall–Kier alpha value is -1.33. The lowest BCUT2D eigenvalue weighted by Crippen LogP contribution is -2.60. The number of hydrogen-bond donors (Lipinski definition) is 6. The van der Waals surface area contributed by atoms with E-state index in [1.165, 1.54) is 89.9 Å². The van der Waals surface area contributed by atoms with Crippen LogP contribution in [0.3, 0.4) is 0 Å². The number of amides is 1. The van der Waals surface area contributed by atoms with Gasteiger partial charge >= 0.3 is 0 Å². The molecule has 2 unspecified atom stereocenters. The van der Waals surface area contributed by atoms with Crippen molar-refractivity contribution in [3.8, 4) is 0 Å². The first-order valence-electron chi connectivity index (χ1n) is 18.1. The minimum absolute atomic E-state index is 0.199. The molecule has 1 amide bonds. The van der Waals surface area contributed by atoms with Crippen molar-refractivity contribution in [3.05, 3.63) is 24.3 Å². The van der Waals surface area contributed by atoms with Gasteiger partial charge in [-0.3, -0.25) is 4.79 Å². The quantitative estimate of drug-likeness (QED) is 0.0478. The lowest BCUT2D eigenvalue weighted by Gasteiger charge is -2.40. The zero-order valence-corrected chi connectivity index (χ0v) is 28.4. The Morgan fingerprint density at radius 3 is 1.84 bits per heavy atom. The first-order valence-corrected chi connectivity index (χ1v) is 18.1. The average molecular weight is 642 g/mol. The van der Waals surface area contributed by atoms with Crippen molar-refractivity contribution in [2.75, 3.05) is 13.2 Å². The van der Waals surface area contributed by atoms with Gasteiger partial charge < -0.3 is 40.3 Å². The first kappa shape index (κ1) is 41.7. The minimum Gasteiger partial charge on any atom is -0.394 e. The molecule has 45 heavy (non-hydrogen) atoms. The lowest BCUT2D eigenvalue weighted by atomic mass is 9.99. The van der Waals surface area contributed by atoms with Crippen LogP contribution in [0.25, 0.3) is 0 Å². The van der Waals surface area contributed by atoms with Crippen LogP contribution < -0.4 is 5.32 Å². The molecule has 7 atom stereocenters. The van der Waals surface area contributed by atoms with Crippen molar-refractivity contribution in [1.82, 2.24) is 5.32 Å². The van der Waals surface area contributed by atoms with Crippen LogP contribution in [0, 0.1) is 0 Å². The van der Waals surface area contributed by atoms with E-state index in [4.69, 9.17) is 9.47 Å². The summed E-state index contributed by atoms with van der Waals surface area (Å²) >= 11 is 0. The van der Waals surface area contributed by atoms with Gasteiger partial charge in [-0.15, -0.1) is 0 Å². The van der Waals surface area contributed by atoms with Gasteiger partial charge in [0.25, 0.3) is 0 Å². The minimum atomic E-state index is -1.57. The summed E-state index contributed by atoms with van der Waals surface area (Å²) in [6.07, 6.45) is 22.4. The van der Waals surface area contributed by atoms with Crippen LogP contribution in [-0.2, 0) is 14.3 Å². The van der Waals surface area contributed by atoms with Crippen molar-refractivity contribution in [1.29, 1.82) is 0 Å². The van der Waals surface area contributed by atoms with E-state index in [9.17, 15) is 30.3 Å². The van der Waals surface area contributed by atoms with Gasteiger partial charge in [0.15, 0.2) is 6.29 Å². The Kier molecular flexibility index (Phi) is 25.7. The highest BCUT2D eigenvalue weighted by atomic mass is 16.7. The number of aliphatic hydroxyl groups excluding tert-OH is 5. The van der Waals surface area contributed by atoms with E-state index in [0.717, 1.165) is 32.1 Å². The highest BCUT2D eigenvalue weighted by Crippen LogP contribution is 2.22. The van der Waals surface area contributed by atoms with Crippen molar-refractivity contribution < 1.29 is 39.8 Å². The number of rotatable bonds is 28. The van der Waals surface area contributed by atoms with E-state index in [1.807, 2.05) is 6.08 Å². The van der Waals surface area contributed by atoms with Gasteiger partial charge in [0.05, 0.1) is 25.4 Å². The van der Waals surface area contributed by atoms with Crippen LogP contribution in [-0.4, -0.2) is 87.5 Å². The van der Waals surface area contributed by atoms with E-state index in [2.05, 4.69) is 25.2 Å². The summed E-state index contributed by atoms with van der Waals surface area (Å²) in [4.78, 5) is 12.8. The fraction of sp³-hybridized carbons (Fsp3) is 0.861. The molecular weight excluding hydrogens is 574 g/mol. The Balaban J connectivity index is 2.49. The summed E-state index contributed by atoms with van der Waals surface area (Å²) in [5, 5.41) is 53.6. The maximum atomic E-state index is 12.8. The summed E-state index contributed by atoms with van der Waals surface area (Å²) in [6.45, 7) is 3.66. The Labute approximate surface area is 273 Å². The maximum absolute atomic E-state index is 12.8. The number of allylic oxidation sites excluding steroid dienone is 3. The molecule has 0 spiro atoms. The molecule has 264 valence electrons. The normalized spacial score (nSPS) is 23.6. The van der Waals surface area contributed by atoms with E-state index in [1.54, 1.807) is 12.2 Å². The van der Waals surface area contributed by atoms with Gasteiger partial charge in [0, 0.05) is 6.42 Å². The molecule has 1 saturated heterocycles. The second-order valence-electron chi connectivity index (χ2n) is 12.7. The summed E-state index contributed by atoms with van der Waals surface area (Å²) in [5.41, 5.74) is 0. The summed E-state index contributed by atoms with van der Waals surface area (Å²) in [7, 11) is 0. The molecule has 0 aromatic carbocycles. The molecule has 0 saturated carbocycles. The molecule has 9 nitrogen and oxygen atoms in total. The number of aliphatic hydroxyl groups is 5. The van der Waals surface area contributed by atoms with Crippen LogP contribution in [0.2, 0.25) is 0 Å². The van der Waals surface area contributed by atoms with Crippen molar-refractivity contribution >= 4 is 5.91 Å². The highest BCUT2D eigenvalue weighted by molar-refractivity contribution is 5.76. The molecule has 1 fully saturated rings. The highest BCUT2D eigenvalue weighted by Gasteiger charge is 2.44. The predicted molar refractivity (Wildman–Crippen MR) is 180 cm³/mol. The molecule has 1 aliphatic rings. The topological polar surface area (TPSA) is 149 Å². The zero-order valence-electron chi connectivity index (χ0n) is 28.4. The molecule has 0 aromatic rings. The third-order valence-electron chi connectivity index (χ3n) is 8.58. The Bertz CT molecular complexity index is 761. The fourth-order valence-corrected chi connectivity index (χ4v) is 5.56. The van der Waals surface area contributed by atoms with Gasteiger partial charge in [-0.25, -0.2) is 0 Å². The van der Waals surface area contributed by atoms with Gasteiger partial charge in [-0.05, 0) is 19.3 Å². The van der Waals surface area contributed by atoms with Crippen molar-refractivity contribution in [2.45, 2.75) is 185 Å². The molecule has 1 rings (SSSR count). The van der Waals surface area contributed by atoms with Gasteiger partial charge in [0.1, 0.15) is 24.4 Å². The number of ether oxygens (including phenoxy) is 2. The molecule has 9 heteroatoms. The van der Waals surface area contributed by atoms with E-state index < -0.39 is 49.5 Å². The molecular formula is C36H67NO8. The van der Waals surface area contributed by atoms with Crippen LogP contribution >= 0.6 is 0 Å². The Morgan fingerprint density at radius 1 is 0.756 bits per heavy atom. The first-order chi connectivity index (χ1) is 21.8. The third-order valence-corrected chi connectivity index (χ3v) is 8.58. The predicted octanol–water partition coefficient (Wildman–Crippen LogP) is 5.60. The van der Waals surface area contributed by atoms with Crippen LogP contribution in [0.5, 0.6) is 0 Å². The fourth-order valence-electron chi connectivity index (χ4n) is 5.56. The van der Waals surface area contributed by atoms with Crippen LogP contribution in [0.1, 0.15) is 142 Å². The molecule has 6 N–H and O–H groups in total. The molecule has 0 aromatic heterocycles. The molecule has 1 heterocycles. The monoisotopic (exact) mass is 641 g/mol. The third kappa shape index (κ3) is 19.8. The van der Waals surface area contributed by atoms with Crippen LogP contribution in [0.15, 0.2) is 24.3 Å². The van der Waals surface area contributed by atoms with Crippen molar-refractivity contribution in [2.24, 2.45) is 0 Å². The Morgan fingerprint density at radius 2 is 1.29 bits per heavy atom. The number of carbonyl (C=O) groups is 1. The SMILES string of the molecule is CCCCCCC/C=C/C=C/[C@@H](O)[C@H](CO[C@H]1O[C@@H](CO)[C@H](O)C(O)C1O)NC(=O)CCCCCCCCCCCCCCC. The van der Waals surface area contributed by atoms with Gasteiger partial charge in [-0.1, -0.05) is 141 Å². The lowest BCUT2D eigenvalue weighted by molar-refractivity contribution is -0.302. The van der Waals surface area contributed by atoms with Crippen LogP contribution in [0.4, 0.5) is 0 Å². The molecule has 0 radical (unpaired) electrons. The molecule has 0 aliphatic carbocycles. The number of nitrogens with one attached hydrogen (secondary N) is 1. The largest absolute Gasteiger partial charge is 0.394 e. The second kappa shape index (κ2) is 27.8. The van der Waals surface area contributed by atoms with Gasteiger partial charge in [-0.2, -0.15) is 0 Å². The number of carbonyl (C=O) groups excluding carboxylic acids is 1. The molecule has 1 aliphatic heterocycles. The summed E-state index contributed by atoms with van der Waals surface area (Å²) < 4.78 is 11.1. The standard InChI is InChI=1S/C36H67NO8/c1-3-5-7-9-11-13-14-15-16-18-20-22-24-26-32(40)37-29(30(39)25-23-21-19-17-12-10-8-6-4-2)28-44-36-35(43)34(42)33(41)31(27-38)45-36/h19,21,23,25,29-31,33-36,38-39,41-43H,3-18,20,22,24,26-28H2,1-2H3,(H,37,40)/b21-19+,25-23+/t29-,30+,31-,33-,34?,35?,36-/m0/s1. The average Bonchev–Trinajstić information content (AvgIpc) is 3.04. The maximum Gasteiger partial charge on any atom is 0.220 e. The van der Waals surface area contributed by atoms with Crippen molar-refractivity contribution in [3.63, 3.8) is 0 Å².